The van der Waals surface area contributed by atoms with Crippen molar-refractivity contribution in [3.8, 4) is 28.4 Å². The van der Waals surface area contributed by atoms with Crippen LogP contribution < -0.4 is 14.2 Å². The Kier molecular flexibility index (Phi) is 7.82. The standard InChI is InChI=1S/C28H26F3NO5S/c1-34-23-17-20(16-22(24(23)35-2)28(29,30)31)25(38)32-15-7-14-27(32,26(33)36-3)37-21-12-10-19(11-13-21)18-8-5-4-6-9-18/h4-6,8-13,16-17H,7,14-15H2,1-3H3. The van der Waals surface area contributed by atoms with Crippen LogP contribution in [0.1, 0.15) is 24.0 Å². The van der Waals surface area contributed by atoms with Gasteiger partial charge in [-0.3, -0.25) is 0 Å². The van der Waals surface area contributed by atoms with Gasteiger partial charge in [-0.1, -0.05) is 54.7 Å². The molecule has 38 heavy (non-hydrogen) atoms. The van der Waals surface area contributed by atoms with Crippen LogP contribution >= 0.6 is 12.2 Å². The molecule has 0 amide bonds. The minimum Gasteiger partial charge on any atom is -0.493 e. The maximum Gasteiger partial charge on any atom is 0.420 e. The zero-order valence-corrected chi connectivity index (χ0v) is 21.8. The number of halogens is 3. The minimum absolute atomic E-state index is 0.0136. The molecular formula is C28H26F3NO5S. The molecule has 6 nitrogen and oxygen atoms in total. The molecule has 1 unspecified atom stereocenters. The number of hydrogen-bond acceptors (Lipinski definition) is 6. The average Bonchev–Trinajstić information content (AvgIpc) is 3.36. The largest absolute Gasteiger partial charge is 0.493 e. The molecule has 10 heteroatoms. The third-order valence-corrected chi connectivity index (χ3v) is 6.82. The van der Waals surface area contributed by atoms with Crippen LogP contribution in [-0.4, -0.2) is 49.5 Å². The molecule has 0 bridgehead atoms. The Balaban J connectivity index is 1.72. The van der Waals surface area contributed by atoms with Gasteiger partial charge in [0.05, 0.1) is 21.3 Å². The summed E-state index contributed by atoms with van der Waals surface area (Å²) in [5, 5.41) is 0. The minimum atomic E-state index is -4.73. The van der Waals surface area contributed by atoms with E-state index in [4.69, 9.17) is 31.2 Å². The van der Waals surface area contributed by atoms with E-state index in [1.807, 2.05) is 42.5 Å². The molecule has 0 saturated carbocycles. The van der Waals surface area contributed by atoms with E-state index in [1.54, 1.807) is 12.1 Å². The number of benzene rings is 3. The number of nitrogens with zero attached hydrogens (tertiary/aromatic N) is 1. The molecule has 1 atom stereocenters. The summed E-state index contributed by atoms with van der Waals surface area (Å²) < 4.78 is 63.0. The van der Waals surface area contributed by atoms with Crippen molar-refractivity contribution in [3.05, 3.63) is 77.9 Å². The maximum atomic E-state index is 13.9. The molecule has 0 aromatic heterocycles. The lowest BCUT2D eigenvalue weighted by molar-refractivity contribution is -0.168. The smallest absolute Gasteiger partial charge is 0.420 e. The van der Waals surface area contributed by atoms with Crippen molar-refractivity contribution in [2.24, 2.45) is 0 Å². The molecule has 1 fully saturated rings. The molecule has 1 saturated heterocycles. The SMILES string of the molecule is COC(=O)C1(Oc2ccc(-c3ccccc3)cc2)CCCN1C(=S)c1cc(OC)c(OC)c(C(F)(F)F)c1. The molecule has 3 aromatic carbocycles. The molecule has 3 aromatic rings. The van der Waals surface area contributed by atoms with Crippen LogP contribution in [0.3, 0.4) is 0 Å². The topological polar surface area (TPSA) is 57.2 Å². The summed E-state index contributed by atoms with van der Waals surface area (Å²) >= 11 is 5.64. The first-order chi connectivity index (χ1) is 18.1. The molecule has 4 rings (SSSR count). The Hall–Kier alpha value is -3.79. The highest BCUT2D eigenvalue weighted by molar-refractivity contribution is 7.80. The van der Waals surface area contributed by atoms with Gasteiger partial charge >= 0.3 is 12.1 Å². The fraction of sp³-hybridized carbons (Fsp3) is 0.286. The van der Waals surface area contributed by atoms with E-state index in [1.165, 1.54) is 25.2 Å². The Morgan fingerprint density at radius 2 is 1.61 bits per heavy atom. The molecule has 1 aliphatic rings. The van der Waals surface area contributed by atoms with E-state index in [0.29, 0.717) is 12.2 Å². The van der Waals surface area contributed by atoms with Crippen molar-refractivity contribution < 1.29 is 36.9 Å². The Labute approximate surface area is 223 Å². The monoisotopic (exact) mass is 545 g/mol. The van der Waals surface area contributed by atoms with Gasteiger partial charge in [0.2, 0.25) is 0 Å². The molecule has 0 radical (unpaired) electrons. The van der Waals surface area contributed by atoms with Crippen LogP contribution in [-0.2, 0) is 15.7 Å². The lowest BCUT2D eigenvalue weighted by Crippen LogP contribution is -2.57. The van der Waals surface area contributed by atoms with Gasteiger partial charge in [0.25, 0.3) is 5.72 Å². The third-order valence-electron chi connectivity index (χ3n) is 6.36. The number of carbonyl (C=O) groups is 1. The summed E-state index contributed by atoms with van der Waals surface area (Å²) in [4.78, 5) is 14.6. The summed E-state index contributed by atoms with van der Waals surface area (Å²) in [5.41, 5.74) is -0.709. The quantitative estimate of drug-likeness (QED) is 0.262. The van der Waals surface area contributed by atoms with E-state index in [2.05, 4.69) is 0 Å². The molecule has 1 heterocycles. The van der Waals surface area contributed by atoms with Crippen molar-refractivity contribution >= 4 is 23.2 Å². The number of likely N-dealkylation sites (tertiary alicyclic amines) is 1. The van der Waals surface area contributed by atoms with Crippen molar-refractivity contribution in [3.63, 3.8) is 0 Å². The van der Waals surface area contributed by atoms with Crippen LogP contribution in [0, 0.1) is 0 Å². The summed E-state index contributed by atoms with van der Waals surface area (Å²) in [7, 11) is 3.59. The Bertz CT molecular complexity index is 1310. The highest BCUT2D eigenvalue weighted by Gasteiger charge is 2.53. The van der Waals surface area contributed by atoms with Crippen LogP contribution in [0.15, 0.2) is 66.7 Å². The van der Waals surface area contributed by atoms with E-state index in [9.17, 15) is 18.0 Å². The van der Waals surface area contributed by atoms with Crippen molar-refractivity contribution in [1.82, 2.24) is 4.90 Å². The second-order valence-electron chi connectivity index (χ2n) is 8.59. The average molecular weight is 546 g/mol. The highest BCUT2D eigenvalue weighted by Crippen LogP contribution is 2.44. The van der Waals surface area contributed by atoms with E-state index >= 15 is 0 Å². The molecule has 0 N–H and O–H groups in total. The number of thiocarbonyl (C=S) groups is 1. The van der Waals surface area contributed by atoms with Crippen LogP contribution in [0.25, 0.3) is 11.1 Å². The number of esters is 1. The van der Waals surface area contributed by atoms with Crippen LogP contribution in [0.5, 0.6) is 17.2 Å². The van der Waals surface area contributed by atoms with Crippen LogP contribution in [0.4, 0.5) is 13.2 Å². The predicted octanol–water partition coefficient (Wildman–Crippen LogP) is 6.11. The number of carbonyl (C=O) groups excluding carboxylic acids is 1. The number of methoxy groups -OCH3 is 3. The summed E-state index contributed by atoms with van der Waals surface area (Å²) in [6.45, 7) is 0.270. The molecule has 0 spiro atoms. The predicted molar refractivity (Wildman–Crippen MR) is 139 cm³/mol. The first kappa shape index (κ1) is 27.3. The molecule has 200 valence electrons. The highest BCUT2D eigenvalue weighted by atomic mass is 32.1. The summed E-state index contributed by atoms with van der Waals surface area (Å²) in [5.74, 6) is -0.920. The second kappa shape index (κ2) is 10.9. The normalized spacial score (nSPS) is 17.2. The lowest BCUT2D eigenvalue weighted by atomic mass is 10.0. The number of hydrogen-bond donors (Lipinski definition) is 0. The van der Waals surface area contributed by atoms with E-state index in [0.717, 1.165) is 24.3 Å². The van der Waals surface area contributed by atoms with Gasteiger partial charge in [0, 0.05) is 18.5 Å². The van der Waals surface area contributed by atoms with Gasteiger partial charge in [-0.25, -0.2) is 4.79 Å². The Morgan fingerprint density at radius 1 is 0.947 bits per heavy atom. The van der Waals surface area contributed by atoms with Gasteiger partial charge in [0.15, 0.2) is 11.5 Å². The van der Waals surface area contributed by atoms with Gasteiger partial charge < -0.3 is 23.8 Å². The zero-order chi connectivity index (χ0) is 27.5. The van der Waals surface area contributed by atoms with E-state index < -0.39 is 29.2 Å². The molecular weight excluding hydrogens is 519 g/mol. The van der Waals surface area contributed by atoms with Crippen LogP contribution in [0.2, 0.25) is 0 Å². The van der Waals surface area contributed by atoms with Gasteiger partial charge in [-0.15, -0.1) is 0 Å². The second-order valence-corrected chi connectivity index (χ2v) is 8.97. The maximum absolute atomic E-state index is 13.9. The fourth-order valence-electron chi connectivity index (χ4n) is 4.57. The fourth-order valence-corrected chi connectivity index (χ4v) is 4.93. The number of rotatable bonds is 7. The Morgan fingerprint density at radius 3 is 2.18 bits per heavy atom. The zero-order valence-electron chi connectivity index (χ0n) is 21.0. The van der Waals surface area contributed by atoms with Gasteiger partial charge in [-0.2, -0.15) is 13.2 Å². The van der Waals surface area contributed by atoms with Crippen molar-refractivity contribution in [2.45, 2.75) is 24.7 Å². The summed E-state index contributed by atoms with van der Waals surface area (Å²) in [6, 6.07) is 19.1. The first-order valence-corrected chi connectivity index (χ1v) is 12.1. The van der Waals surface area contributed by atoms with Crippen molar-refractivity contribution in [2.75, 3.05) is 27.9 Å². The van der Waals surface area contributed by atoms with Gasteiger partial charge in [-0.05, 0) is 41.8 Å². The number of ether oxygens (including phenoxy) is 4. The molecule has 1 aliphatic heterocycles. The molecule has 0 aliphatic carbocycles. The van der Waals surface area contributed by atoms with E-state index in [-0.39, 0.29) is 29.3 Å². The number of alkyl halides is 3. The lowest BCUT2D eigenvalue weighted by Gasteiger charge is -2.37. The van der Waals surface area contributed by atoms with Gasteiger partial charge in [0.1, 0.15) is 16.3 Å². The summed E-state index contributed by atoms with van der Waals surface area (Å²) in [6.07, 6.45) is -4.01. The van der Waals surface area contributed by atoms with Crippen molar-refractivity contribution in [1.29, 1.82) is 0 Å². The third kappa shape index (κ3) is 5.13. The first-order valence-electron chi connectivity index (χ1n) is 11.7.